The maximum atomic E-state index is 11.5. The molecule has 0 saturated heterocycles. The summed E-state index contributed by atoms with van der Waals surface area (Å²) < 4.78 is 23.0. The Balaban J connectivity index is 3.24. The number of non-ortho nitro benzene ring substituents is 1. The number of nitro benzene ring substituents is 1. The highest BCUT2D eigenvalue weighted by Crippen LogP contribution is 2.28. The summed E-state index contributed by atoms with van der Waals surface area (Å²) in [6.07, 6.45) is -0.169. The molecule has 0 fully saturated rings. The summed E-state index contributed by atoms with van der Waals surface area (Å²) >= 11 is 0. The quantitative estimate of drug-likeness (QED) is 0.580. The smallest absolute Gasteiger partial charge is 0.271 e. The van der Waals surface area contributed by atoms with Crippen LogP contribution in [0.25, 0.3) is 0 Å². The highest BCUT2D eigenvalue weighted by Gasteiger charge is 2.20. The number of primary sulfonamides is 1. The summed E-state index contributed by atoms with van der Waals surface area (Å²) in [5, 5.41) is 25.1. The molecule has 1 atom stereocenters. The van der Waals surface area contributed by atoms with E-state index in [0.29, 0.717) is 13.0 Å². The molecule has 20 heavy (non-hydrogen) atoms. The largest absolute Gasteiger partial charge is 0.393 e. The number of hydrogen-bond acceptors (Lipinski definition) is 6. The van der Waals surface area contributed by atoms with Gasteiger partial charge in [-0.3, -0.25) is 10.1 Å². The molecule has 1 rings (SSSR count). The molecule has 0 radical (unpaired) electrons. The molecule has 3 N–H and O–H groups in total. The lowest BCUT2D eigenvalue weighted by Gasteiger charge is -2.22. The minimum absolute atomic E-state index is 0.141. The maximum Gasteiger partial charge on any atom is 0.271 e. The van der Waals surface area contributed by atoms with Crippen LogP contribution in [-0.2, 0) is 10.0 Å². The van der Waals surface area contributed by atoms with Crippen molar-refractivity contribution in [3.63, 3.8) is 0 Å². The van der Waals surface area contributed by atoms with E-state index in [4.69, 9.17) is 5.14 Å². The molecular formula is C11H17N3O5S. The van der Waals surface area contributed by atoms with Crippen molar-refractivity contribution in [2.24, 2.45) is 5.14 Å². The van der Waals surface area contributed by atoms with Crippen LogP contribution in [0.3, 0.4) is 0 Å². The van der Waals surface area contributed by atoms with Crippen molar-refractivity contribution in [2.45, 2.75) is 24.3 Å². The van der Waals surface area contributed by atoms with Crippen LogP contribution in [0.15, 0.2) is 23.1 Å². The van der Waals surface area contributed by atoms with E-state index >= 15 is 0 Å². The minimum Gasteiger partial charge on any atom is -0.393 e. The second-order valence-electron chi connectivity index (χ2n) is 4.51. The fraction of sp³-hybridized carbons (Fsp3) is 0.455. The Kier molecular flexibility index (Phi) is 5.03. The van der Waals surface area contributed by atoms with E-state index in [1.165, 1.54) is 4.90 Å². The number of nitro groups is 1. The molecule has 112 valence electrons. The first-order valence-corrected chi connectivity index (χ1v) is 7.38. The highest BCUT2D eigenvalue weighted by atomic mass is 32.2. The van der Waals surface area contributed by atoms with Crippen molar-refractivity contribution < 1.29 is 18.4 Å². The maximum absolute atomic E-state index is 11.5. The molecule has 0 bridgehead atoms. The van der Waals surface area contributed by atoms with Crippen molar-refractivity contribution >= 4 is 21.4 Å². The molecule has 0 aromatic heterocycles. The standard InChI is InChI=1S/C11H17N3O5S/c1-8(15)5-6-13(2)10-7-9(14(16)17)3-4-11(10)20(12,18)19/h3-4,7-8,15H,5-6H2,1-2H3,(H2,12,18,19). The lowest BCUT2D eigenvalue weighted by molar-refractivity contribution is -0.384. The lowest BCUT2D eigenvalue weighted by Crippen LogP contribution is -2.25. The van der Waals surface area contributed by atoms with Crippen LogP contribution < -0.4 is 10.0 Å². The molecule has 1 aromatic rings. The first-order chi connectivity index (χ1) is 9.12. The van der Waals surface area contributed by atoms with Gasteiger partial charge in [-0.2, -0.15) is 0 Å². The van der Waals surface area contributed by atoms with Crippen molar-refractivity contribution in [2.75, 3.05) is 18.5 Å². The number of aliphatic hydroxyl groups is 1. The first kappa shape index (κ1) is 16.3. The van der Waals surface area contributed by atoms with Gasteiger partial charge in [-0.25, -0.2) is 13.6 Å². The number of rotatable bonds is 6. The molecule has 1 unspecified atom stereocenters. The topological polar surface area (TPSA) is 127 Å². The fourth-order valence-electron chi connectivity index (χ4n) is 1.66. The third kappa shape index (κ3) is 4.15. The Morgan fingerprint density at radius 3 is 2.55 bits per heavy atom. The molecule has 1 aromatic carbocycles. The van der Waals surface area contributed by atoms with Crippen LogP contribution in [-0.4, -0.2) is 38.1 Å². The average molecular weight is 303 g/mol. The number of benzene rings is 1. The Labute approximate surface area is 117 Å². The number of nitrogens with zero attached hydrogens (tertiary/aromatic N) is 2. The summed E-state index contributed by atoms with van der Waals surface area (Å²) in [6, 6.07) is 3.36. The molecule has 0 spiro atoms. The molecule has 8 nitrogen and oxygen atoms in total. The van der Waals surface area contributed by atoms with Gasteiger partial charge in [-0.1, -0.05) is 0 Å². The van der Waals surface area contributed by atoms with E-state index in [9.17, 15) is 23.6 Å². The third-order valence-corrected chi connectivity index (χ3v) is 3.71. The zero-order chi connectivity index (χ0) is 15.5. The molecule has 0 aliphatic heterocycles. The van der Waals surface area contributed by atoms with Gasteiger partial charge in [0, 0.05) is 25.7 Å². The molecule has 0 heterocycles. The first-order valence-electron chi connectivity index (χ1n) is 5.83. The predicted octanol–water partition coefficient (Wildman–Crippen LogP) is 0.449. The van der Waals surface area contributed by atoms with E-state index in [0.717, 1.165) is 18.2 Å². The number of sulfonamides is 1. The van der Waals surface area contributed by atoms with Crippen molar-refractivity contribution in [1.29, 1.82) is 0 Å². The van der Waals surface area contributed by atoms with Crippen LogP contribution in [0.2, 0.25) is 0 Å². The fourth-order valence-corrected chi connectivity index (χ4v) is 2.42. The number of hydrogen-bond donors (Lipinski definition) is 2. The Morgan fingerprint density at radius 2 is 2.10 bits per heavy atom. The summed E-state index contributed by atoms with van der Waals surface area (Å²) in [5.41, 5.74) is -0.0846. The zero-order valence-corrected chi connectivity index (χ0v) is 12.0. The van der Waals surface area contributed by atoms with Gasteiger partial charge < -0.3 is 10.0 Å². The van der Waals surface area contributed by atoms with Crippen LogP contribution in [0.4, 0.5) is 11.4 Å². The molecule has 0 saturated carbocycles. The van der Waals surface area contributed by atoms with Crippen molar-refractivity contribution in [1.82, 2.24) is 0 Å². The minimum atomic E-state index is -3.99. The Morgan fingerprint density at radius 1 is 1.50 bits per heavy atom. The van der Waals surface area contributed by atoms with Crippen LogP contribution in [0.5, 0.6) is 0 Å². The number of nitrogens with two attached hydrogens (primary N) is 1. The van der Waals surface area contributed by atoms with Gasteiger partial charge in [-0.05, 0) is 19.4 Å². The van der Waals surface area contributed by atoms with E-state index in [-0.39, 0.29) is 16.3 Å². The Bertz CT molecular complexity index is 600. The molecular weight excluding hydrogens is 286 g/mol. The van der Waals surface area contributed by atoms with E-state index in [1.807, 2.05) is 0 Å². The molecule has 0 amide bonds. The zero-order valence-electron chi connectivity index (χ0n) is 11.2. The van der Waals surface area contributed by atoms with Gasteiger partial charge in [0.1, 0.15) is 4.90 Å². The van der Waals surface area contributed by atoms with E-state index in [2.05, 4.69) is 0 Å². The second kappa shape index (κ2) is 6.16. The lowest BCUT2D eigenvalue weighted by atomic mass is 10.2. The van der Waals surface area contributed by atoms with Gasteiger partial charge in [0.15, 0.2) is 0 Å². The van der Waals surface area contributed by atoms with Crippen LogP contribution in [0.1, 0.15) is 13.3 Å². The normalized spacial score (nSPS) is 13.0. The van der Waals surface area contributed by atoms with Gasteiger partial charge in [0.2, 0.25) is 10.0 Å². The third-order valence-electron chi connectivity index (χ3n) is 2.75. The summed E-state index contributed by atoms with van der Waals surface area (Å²) in [4.78, 5) is 11.5. The van der Waals surface area contributed by atoms with E-state index in [1.54, 1.807) is 14.0 Å². The van der Waals surface area contributed by atoms with Gasteiger partial charge in [0.05, 0.1) is 16.7 Å². The highest BCUT2D eigenvalue weighted by molar-refractivity contribution is 7.89. The summed E-state index contributed by atoms with van der Waals surface area (Å²) in [6.45, 7) is 1.93. The van der Waals surface area contributed by atoms with Gasteiger partial charge in [-0.15, -0.1) is 0 Å². The molecule has 0 aliphatic carbocycles. The van der Waals surface area contributed by atoms with Crippen LogP contribution >= 0.6 is 0 Å². The average Bonchev–Trinajstić information content (AvgIpc) is 2.33. The second-order valence-corrected chi connectivity index (χ2v) is 6.04. The number of anilines is 1. The monoisotopic (exact) mass is 303 g/mol. The summed E-state index contributed by atoms with van der Waals surface area (Å²) in [5.74, 6) is 0. The van der Waals surface area contributed by atoms with Crippen molar-refractivity contribution in [3.8, 4) is 0 Å². The van der Waals surface area contributed by atoms with Crippen LogP contribution in [0, 0.1) is 10.1 Å². The predicted molar refractivity (Wildman–Crippen MR) is 74.0 cm³/mol. The van der Waals surface area contributed by atoms with Gasteiger partial charge in [0.25, 0.3) is 5.69 Å². The van der Waals surface area contributed by atoms with Crippen molar-refractivity contribution in [3.05, 3.63) is 28.3 Å². The molecule has 0 aliphatic rings. The van der Waals surface area contributed by atoms with Gasteiger partial charge >= 0.3 is 0 Å². The number of aliphatic hydroxyl groups excluding tert-OH is 1. The summed E-state index contributed by atoms with van der Waals surface area (Å²) in [7, 11) is -2.41. The molecule has 9 heteroatoms. The Hall–Kier alpha value is -1.71. The SMILES string of the molecule is CC(O)CCN(C)c1cc([N+](=O)[O-])ccc1S(N)(=O)=O. The van der Waals surface area contributed by atoms with E-state index < -0.39 is 21.1 Å².